The molecule has 7 nitrogen and oxygen atoms in total. The highest BCUT2D eigenvalue weighted by atomic mass is 79.9. The zero-order valence-corrected chi connectivity index (χ0v) is 24.8. The van der Waals surface area contributed by atoms with Gasteiger partial charge in [-0.2, -0.15) is 0 Å². The van der Waals surface area contributed by atoms with Gasteiger partial charge in [-0.1, -0.05) is 63.5 Å². The first-order valence-corrected chi connectivity index (χ1v) is 14.7. The number of benzene rings is 3. The first-order chi connectivity index (χ1) is 17.9. The molecule has 0 saturated heterocycles. The van der Waals surface area contributed by atoms with E-state index in [0.717, 1.165) is 31.0 Å². The summed E-state index contributed by atoms with van der Waals surface area (Å²) in [6, 6.07) is 18.6. The summed E-state index contributed by atoms with van der Waals surface area (Å²) in [4.78, 5) is 28.2. The largest absolute Gasteiger partial charge is 0.355 e. The molecule has 0 aliphatic rings. The van der Waals surface area contributed by atoms with Crippen LogP contribution in [-0.2, 0) is 26.2 Å². The van der Waals surface area contributed by atoms with E-state index >= 15 is 0 Å². The lowest BCUT2D eigenvalue weighted by Crippen LogP contribution is -2.51. The number of sulfonamides is 1. The molecule has 0 spiro atoms. The monoisotopic (exact) mass is 599 g/mol. The Balaban J connectivity index is 2.06. The molecule has 1 unspecified atom stereocenters. The van der Waals surface area contributed by atoms with Crippen molar-refractivity contribution >= 4 is 43.5 Å². The van der Waals surface area contributed by atoms with Crippen LogP contribution in [0.5, 0.6) is 0 Å². The Morgan fingerprint density at radius 3 is 2.11 bits per heavy atom. The molecule has 0 radical (unpaired) electrons. The molecule has 0 saturated carbocycles. The number of carbonyl (C=O) groups excluding carboxylic acids is 2. The fourth-order valence-corrected chi connectivity index (χ4v) is 5.87. The number of halogens is 1. The van der Waals surface area contributed by atoms with E-state index < -0.39 is 28.5 Å². The highest BCUT2D eigenvalue weighted by Crippen LogP contribution is 2.28. The van der Waals surface area contributed by atoms with E-state index in [1.54, 1.807) is 37.3 Å². The molecule has 2 amide bonds. The molecule has 0 fully saturated rings. The fourth-order valence-electron chi connectivity index (χ4n) is 4.13. The molecule has 1 atom stereocenters. The average Bonchev–Trinajstić information content (AvgIpc) is 2.87. The van der Waals surface area contributed by atoms with Gasteiger partial charge in [0.05, 0.1) is 10.6 Å². The number of hydrogen-bond acceptors (Lipinski definition) is 4. The van der Waals surface area contributed by atoms with Crippen LogP contribution in [0.2, 0.25) is 0 Å². The predicted octanol–water partition coefficient (Wildman–Crippen LogP) is 5.12. The molecular formula is C29H34BrN3O4S. The summed E-state index contributed by atoms with van der Waals surface area (Å²) in [6.07, 6.45) is 0. The maximum Gasteiger partial charge on any atom is 0.264 e. The molecule has 38 heavy (non-hydrogen) atoms. The average molecular weight is 601 g/mol. The maximum absolute atomic E-state index is 13.9. The number of carbonyl (C=O) groups is 2. The van der Waals surface area contributed by atoms with Crippen LogP contribution in [0.25, 0.3) is 0 Å². The molecule has 0 aliphatic heterocycles. The summed E-state index contributed by atoms with van der Waals surface area (Å²) in [5.41, 5.74) is 3.86. The fraction of sp³-hybridized carbons (Fsp3) is 0.310. The van der Waals surface area contributed by atoms with E-state index in [1.165, 1.54) is 4.90 Å². The number of nitrogens with zero attached hydrogens (tertiary/aromatic N) is 2. The number of hydrogen-bond donors (Lipinski definition) is 1. The Labute approximate surface area is 234 Å². The van der Waals surface area contributed by atoms with Crippen molar-refractivity contribution in [2.45, 2.75) is 52.1 Å². The second-order valence-electron chi connectivity index (χ2n) is 9.33. The summed E-state index contributed by atoms with van der Waals surface area (Å²) in [5, 5.41) is 2.77. The third-order valence-corrected chi connectivity index (χ3v) is 8.60. The number of aryl methyl sites for hydroxylation is 3. The molecule has 0 bridgehead atoms. The molecule has 0 aliphatic carbocycles. The van der Waals surface area contributed by atoms with Crippen molar-refractivity contribution in [3.8, 4) is 0 Å². The van der Waals surface area contributed by atoms with E-state index in [4.69, 9.17) is 0 Å². The summed E-state index contributed by atoms with van der Waals surface area (Å²) in [6.45, 7) is 9.19. The van der Waals surface area contributed by atoms with Gasteiger partial charge in [0.15, 0.2) is 0 Å². The zero-order chi connectivity index (χ0) is 28.0. The minimum absolute atomic E-state index is 0.0899. The van der Waals surface area contributed by atoms with Crippen LogP contribution in [0.3, 0.4) is 0 Å². The Bertz CT molecular complexity index is 1390. The molecule has 9 heteroatoms. The SMILES string of the molecule is CCNC(=O)C(C)N(Cc1ccc(Br)cc1)C(=O)CN(c1ccc(C)cc1C)S(=O)(=O)c1ccc(C)cc1. The van der Waals surface area contributed by atoms with E-state index in [9.17, 15) is 18.0 Å². The van der Waals surface area contributed by atoms with Crippen LogP contribution in [0.4, 0.5) is 5.69 Å². The Kier molecular flexibility index (Phi) is 9.73. The third kappa shape index (κ3) is 7.02. The Morgan fingerprint density at radius 2 is 1.53 bits per heavy atom. The van der Waals surface area contributed by atoms with Crippen LogP contribution in [-0.4, -0.2) is 44.3 Å². The predicted molar refractivity (Wildman–Crippen MR) is 154 cm³/mol. The van der Waals surface area contributed by atoms with Gasteiger partial charge < -0.3 is 10.2 Å². The van der Waals surface area contributed by atoms with Gasteiger partial charge in [-0.15, -0.1) is 0 Å². The number of likely N-dealkylation sites (N-methyl/N-ethyl adjacent to an activating group) is 1. The van der Waals surface area contributed by atoms with Crippen molar-refractivity contribution in [1.82, 2.24) is 10.2 Å². The lowest BCUT2D eigenvalue weighted by Gasteiger charge is -2.32. The van der Waals surface area contributed by atoms with E-state index in [1.807, 2.05) is 64.1 Å². The minimum Gasteiger partial charge on any atom is -0.355 e. The van der Waals surface area contributed by atoms with Gasteiger partial charge in [0.1, 0.15) is 12.6 Å². The van der Waals surface area contributed by atoms with E-state index in [2.05, 4.69) is 21.2 Å². The normalized spacial score (nSPS) is 12.1. The maximum atomic E-state index is 13.9. The number of amides is 2. The molecule has 3 aromatic carbocycles. The van der Waals surface area contributed by atoms with E-state index in [0.29, 0.717) is 12.2 Å². The van der Waals surface area contributed by atoms with Crippen LogP contribution >= 0.6 is 15.9 Å². The number of anilines is 1. The molecule has 1 N–H and O–H groups in total. The molecule has 0 aromatic heterocycles. The molecule has 202 valence electrons. The standard InChI is InChI=1S/C29H34BrN3O4S/c1-6-31-29(35)23(5)32(18-24-10-12-25(30)13-11-24)28(34)19-33(27-16-9-21(3)17-22(27)4)38(36,37)26-14-7-20(2)8-15-26/h7-17,23H,6,18-19H2,1-5H3,(H,31,35). The van der Waals surface area contributed by atoms with Gasteiger partial charge in [-0.05, 0) is 76.1 Å². The van der Waals surface area contributed by atoms with Gasteiger partial charge in [-0.3, -0.25) is 13.9 Å². The Morgan fingerprint density at radius 1 is 0.921 bits per heavy atom. The molecule has 3 rings (SSSR count). The smallest absolute Gasteiger partial charge is 0.264 e. The van der Waals surface area contributed by atoms with Gasteiger partial charge in [0.2, 0.25) is 11.8 Å². The van der Waals surface area contributed by atoms with Crippen molar-refractivity contribution in [3.63, 3.8) is 0 Å². The quantitative estimate of drug-likeness (QED) is 0.350. The highest BCUT2D eigenvalue weighted by Gasteiger charge is 2.33. The van der Waals surface area contributed by atoms with Crippen LogP contribution in [0.15, 0.2) is 76.1 Å². The van der Waals surface area contributed by atoms with Gasteiger partial charge in [0, 0.05) is 17.6 Å². The molecule has 0 heterocycles. The first kappa shape index (κ1) is 29.4. The van der Waals surface area contributed by atoms with Gasteiger partial charge in [0.25, 0.3) is 10.0 Å². The van der Waals surface area contributed by atoms with Crippen LogP contribution < -0.4 is 9.62 Å². The Hall–Kier alpha value is -3.17. The lowest BCUT2D eigenvalue weighted by molar-refractivity contribution is -0.139. The lowest BCUT2D eigenvalue weighted by atomic mass is 10.1. The minimum atomic E-state index is -4.09. The number of nitrogens with one attached hydrogen (secondary N) is 1. The first-order valence-electron chi connectivity index (χ1n) is 12.4. The second-order valence-corrected chi connectivity index (χ2v) is 12.1. The van der Waals surface area contributed by atoms with Crippen LogP contribution in [0, 0.1) is 20.8 Å². The van der Waals surface area contributed by atoms with Gasteiger partial charge in [-0.25, -0.2) is 8.42 Å². The zero-order valence-electron chi connectivity index (χ0n) is 22.4. The molecule has 3 aromatic rings. The second kappa shape index (κ2) is 12.6. The highest BCUT2D eigenvalue weighted by molar-refractivity contribution is 9.10. The van der Waals surface area contributed by atoms with Crippen LogP contribution in [0.1, 0.15) is 36.1 Å². The van der Waals surface area contributed by atoms with Crippen molar-refractivity contribution in [2.24, 2.45) is 0 Å². The number of rotatable bonds is 10. The van der Waals surface area contributed by atoms with Crippen molar-refractivity contribution in [2.75, 3.05) is 17.4 Å². The topological polar surface area (TPSA) is 86.8 Å². The van der Waals surface area contributed by atoms with Crippen molar-refractivity contribution in [3.05, 3.63) is 93.5 Å². The molecular weight excluding hydrogens is 566 g/mol. The summed E-state index contributed by atoms with van der Waals surface area (Å²) in [7, 11) is -4.09. The third-order valence-electron chi connectivity index (χ3n) is 6.29. The van der Waals surface area contributed by atoms with E-state index in [-0.39, 0.29) is 17.3 Å². The summed E-state index contributed by atoms with van der Waals surface area (Å²) >= 11 is 3.41. The van der Waals surface area contributed by atoms with Crippen molar-refractivity contribution < 1.29 is 18.0 Å². The van der Waals surface area contributed by atoms with Gasteiger partial charge >= 0.3 is 0 Å². The van der Waals surface area contributed by atoms with Crippen molar-refractivity contribution in [1.29, 1.82) is 0 Å². The summed E-state index contributed by atoms with van der Waals surface area (Å²) in [5.74, 6) is -0.792. The summed E-state index contributed by atoms with van der Waals surface area (Å²) < 4.78 is 29.9.